The maximum absolute atomic E-state index is 11.5. The molecule has 0 aromatic carbocycles. The monoisotopic (exact) mass is 210 g/mol. The van der Waals surface area contributed by atoms with Crippen molar-refractivity contribution in [2.45, 2.75) is 32.9 Å². The number of hydrogen-bond donors (Lipinski definition) is 3. The van der Waals surface area contributed by atoms with Crippen LogP contribution in [0.25, 0.3) is 0 Å². The van der Waals surface area contributed by atoms with Crippen molar-refractivity contribution in [1.29, 1.82) is 0 Å². The molecule has 0 aliphatic heterocycles. The van der Waals surface area contributed by atoms with E-state index in [1.807, 2.05) is 19.9 Å². The molecule has 4 N–H and O–H groups in total. The Bertz CT molecular complexity index is 294. The van der Waals surface area contributed by atoms with E-state index in [2.05, 4.69) is 15.5 Å². The number of carbonyl (C=O) groups excluding carboxylic acids is 1. The van der Waals surface area contributed by atoms with Gasteiger partial charge in [0.25, 0.3) is 0 Å². The summed E-state index contributed by atoms with van der Waals surface area (Å²) in [7, 11) is 0. The maximum atomic E-state index is 11.5. The first-order valence-corrected chi connectivity index (χ1v) is 5.11. The maximum Gasteiger partial charge on any atom is 0.237 e. The zero-order valence-electron chi connectivity index (χ0n) is 9.16. The number of H-pyrrole nitrogens is 1. The first kappa shape index (κ1) is 11.7. The van der Waals surface area contributed by atoms with E-state index in [9.17, 15) is 4.79 Å². The van der Waals surface area contributed by atoms with Gasteiger partial charge in [0.15, 0.2) is 0 Å². The van der Waals surface area contributed by atoms with Gasteiger partial charge in [0.2, 0.25) is 5.91 Å². The summed E-state index contributed by atoms with van der Waals surface area (Å²) in [5.74, 6) is 0.316. The molecular formula is C10H18N4O. The van der Waals surface area contributed by atoms with Crippen molar-refractivity contribution in [3.8, 4) is 0 Å². The summed E-state index contributed by atoms with van der Waals surface area (Å²) in [5.41, 5.74) is 6.59. The molecule has 1 heterocycles. The summed E-state index contributed by atoms with van der Waals surface area (Å²) >= 11 is 0. The molecule has 0 spiro atoms. The second-order valence-corrected chi connectivity index (χ2v) is 4.04. The predicted octanol–water partition coefficient (Wildman–Crippen LogP) is 0.399. The molecular weight excluding hydrogens is 192 g/mol. The quantitative estimate of drug-likeness (QED) is 0.657. The minimum Gasteiger partial charge on any atom is -0.349 e. The van der Waals surface area contributed by atoms with Gasteiger partial charge in [0, 0.05) is 6.20 Å². The normalized spacial score (nSPS) is 12.8. The molecule has 1 aromatic heterocycles. The van der Waals surface area contributed by atoms with E-state index in [4.69, 9.17) is 5.73 Å². The molecule has 0 radical (unpaired) electrons. The fourth-order valence-electron chi connectivity index (χ4n) is 1.31. The van der Waals surface area contributed by atoms with E-state index in [-0.39, 0.29) is 5.91 Å². The number of aromatic amines is 1. The van der Waals surface area contributed by atoms with Crippen molar-refractivity contribution in [2.24, 2.45) is 11.7 Å². The van der Waals surface area contributed by atoms with Crippen molar-refractivity contribution in [1.82, 2.24) is 15.5 Å². The van der Waals surface area contributed by atoms with Crippen molar-refractivity contribution in [3.63, 3.8) is 0 Å². The zero-order valence-corrected chi connectivity index (χ0v) is 9.16. The van der Waals surface area contributed by atoms with Crippen LogP contribution in [0.4, 0.5) is 0 Å². The number of aromatic nitrogens is 2. The summed E-state index contributed by atoms with van der Waals surface area (Å²) in [6.07, 6.45) is 2.35. The van der Waals surface area contributed by atoms with Gasteiger partial charge < -0.3 is 11.1 Å². The van der Waals surface area contributed by atoms with Gasteiger partial charge in [-0.15, -0.1) is 0 Å². The molecule has 0 saturated heterocycles. The average molecular weight is 210 g/mol. The number of amides is 1. The Kier molecular flexibility index (Phi) is 4.30. The van der Waals surface area contributed by atoms with Crippen LogP contribution in [0, 0.1) is 5.92 Å². The zero-order chi connectivity index (χ0) is 11.3. The van der Waals surface area contributed by atoms with Crippen LogP contribution in [0.3, 0.4) is 0 Å². The lowest BCUT2D eigenvalue weighted by molar-refractivity contribution is -0.122. The van der Waals surface area contributed by atoms with Crippen molar-refractivity contribution >= 4 is 5.91 Å². The molecule has 15 heavy (non-hydrogen) atoms. The third kappa shape index (κ3) is 4.12. The molecule has 1 atom stereocenters. The standard InChI is InChI=1S/C10H18N4O/c1-7(2)5-9(11)10(15)12-6-8-3-4-13-14-8/h3-4,7,9H,5-6,11H2,1-2H3,(H,12,15)(H,13,14)/t9-/m1/s1. The Morgan fingerprint density at radius 3 is 2.93 bits per heavy atom. The van der Waals surface area contributed by atoms with Gasteiger partial charge in [-0.05, 0) is 18.4 Å². The summed E-state index contributed by atoms with van der Waals surface area (Å²) in [4.78, 5) is 11.5. The van der Waals surface area contributed by atoms with Crippen LogP contribution in [-0.4, -0.2) is 22.1 Å². The second-order valence-electron chi connectivity index (χ2n) is 4.04. The van der Waals surface area contributed by atoms with Gasteiger partial charge in [-0.25, -0.2) is 0 Å². The number of hydrogen-bond acceptors (Lipinski definition) is 3. The molecule has 0 saturated carbocycles. The van der Waals surface area contributed by atoms with Crippen LogP contribution in [0.1, 0.15) is 26.0 Å². The van der Waals surface area contributed by atoms with E-state index in [0.29, 0.717) is 18.9 Å². The highest BCUT2D eigenvalue weighted by Crippen LogP contribution is 2.02. The molecule has 0 unspecified atom stereocenters. The lowest BCUT2D eigenvalue weighted by Gasteiger charge is -2.13. The molecule has 5 nitrogen and oxygen atoms in total. The van der Waals surface area contributed by atoms with Crippen molar-refractivity contribution in [2.75, 3.05) is 0 Å². The lowest BCUT2D eigenvalue weighted by atomic mass is 10.0. The largest absolute Gasteiger partial charge is 0.349 e. The second kappa shape index (κ2) is 5.50. The molecule has 0 aliphatic rings. The van der Waals surface area contributed by atoms with Gasteiger partial charge in [-0.1, -0.05) is 13.8 Å². The smallest absolute Gasteiger partial charge is 0.237 e. The highest BCUT2D eigenvalue weighted by atomic mass is 16.2. The van der Waals surface area contributed by atoms with E-state index in [0.717, 1.165) is 5.69 Å². The summed E-state index contributed by atoms with van der Waals surface area (Å²) in [5, 5.41) is 9.31. The third-order valence-corrected chi connectivity index (χ3v) is 2.07. The first-order valence-electron chi connectivity index (χ1n) is 5.11. The lowest BCUT2D eigenvalue weighted by Crippen LogP contribution is -2.41. The first-order chi connectivity index (χ1) is 7.09. The highest BCUT2D eigenvalue weighted by molar-refractivity contribution is 5.81. The van der Waals surface area contributed by atoms with E-state index < -0.39 is 6.04 Å². The molecule has 84 valence electrons. The Morgan fingerprint density at radius 2 is 2.40 bits per heavy atom. The SMILES string of the molecule is CC(C)C[C@@H](N)C(=O)NCc1ccn[nH]1. The van der Waals surface area contributed by atoms with E-state index >= 15 is 0 Å². The van der Waals surface area contributed by atoms with Crippen LogP contribution >= 0.6 is 0 Å². The number of carbonyl (C=O) groups is 1. The van der Waals surface area contributed by atoms with Gasteiger partial charge in [0.05, 0.1) is 18.3 Å². The minimum atomic E-state index is -0.423. The Morgan fingerprint density at radius 1 is 1.67 bits per heavy atom. The van der Waals surface area contributed by atoms with Crippen molar-refractivity contribution in [3.05, 3.63) is 18.0 Å². The number of nitrogens with one attached hydrogen (secondary N) is 2. The van der Waals surface area contributed by atoms with Gasteiger partial charge >= 0.3 is 0 Å². The number of rotatable bonds is 5. The summed E-state index contributed by atoms with van der Waals surface area (Å²) in [6.45, 7) is 4.54. The van der Waals surface area contributed by atoms with Crippen LogP contribution in [0.5, 0.6) is 0 Å². The summed E-state index contributed by atoms with van der Waals surface area (Å²) in [6, 6.07) is 1.39. The Labute approximate surface area is 89.4 Å². The highest BCUT2D eigenvalue weighted by Gasteiger charge is 2.14. The molecule has 1 rings (SSSR count). The van der Waals surface area contributed by atoms with E-state index in [1.54, 1.807) is 6.20 Å². The molecule has 0 fully saturated rings. The predicted molar refractivity (Wildman–Crippen MR) is 57.9 cm³/mol. The molecule has 1 aromatic rings. The Hall–Kier alpha value is -1.36. The summed E-state index contributed by atoms with van der Waals surface area (Å²) < 4.78 is 0. The van der Waals surface area contributed by atoms with Gasteiger partial charge in [-0.3, -0.25) is 9.89 Å². The van der Waals surface area contributed by atoms with Crippen LogP contribution in [0.2, 0.25) is 0 Å². The Balaban J connectivity index is 2.29. The molecule has 0 bridgehead atoms. The molecule has 5 heteroatoms. The van der Waals surface area contributed by atoms with E-state index in [1.165, 1.54) is 0 Å². The molecule has 1 amide bonds. The molecule has 0 aliphatic carbocycles. The average Bonchev–Trinajstić information content (AvgIpc) is 2.65. The van der Waals surface area contributed by atoms with Crippen LogP contribution in [-0.2, 0) is 11.3 Å². The van der Waals surface area contributed by atoms with Gasteiger partial charge in [-0.2, -0.15) is 5.10 Å². The number of nitrogens with two attached hydrogens (primary N) is 1. The topological polar surface area (TPSA) is 83.8 Å². The minimum absolute atomic E-state index is 0.113. The van der Waals surface area contributed by atoms with Crippen LogP contribution in [0.15, 0.2) is 12.3 Å². The van der Waals surface area contributed by atoms with Crippen molar-refractivity contribution < 1.29 is 4.79 Å². The fourth-order valence-corrected chi connectivity index (χ4v) is 1.31. The number of nitrogens with zero attached hydrogens (tertiary/aromatic N) is 1. The van der Waals surface area contributed by atoms with Crippen LogP contribution < -0.4 is 11.1 Å². The van der Waals surface area contributed by atoms with Gasteiger partial charge in [0.1, 0.15) is 0 Å². The fraction of sp³-hybridized carbons (Fsp3) is 0.600. The third-order valence-electron chi connectivity index (χ3n) is 2.07.